The Hall–Kier alpha value is -1.80. The average molecular weight is 366 g/mol. The lowest BCUT2D eigenvalue weighted by atomic mass is 10.1. The van der Waals surface area contributed by atoms with Crippen molar-refractivity contribution in [3.63, 3.8) is 0 Å². The highest BCUT2D eigenvalue weighted by molar-refractivity contribution is 7.99. The van der Waals surface area contributed by atoms with Crippen LogP contribution in [0.15, 0.2) is 18.2 Å². The number of fused-ring (bicyclic) bond motifs is 1. The molecule has 0 bridgehead atoms. The Balaban J connectivity index is 1.42. The molecule has 6 nitrogen and oxygen atoms in total. The molecule has 1 unspecified atom stereocenters. The zero-order chi connectivity index (χ0) is 17.6. The lowest BCUT2D eigenvalue weighted by molar-refractivity contribution is -0.124. The van der Waals surface area contributed by atoms with E-state index >= 15 is 0 Å². The van der Waals surface area contributed by atoms with Crippen LogP contribution >= 0.6 is 11.8 Å². The second-order valence-corrected chi connectivity index (χ2v) is 7.75. The number of rotatable bonds is 5. The molecular weight excluding hydrogens is 347 g/mol. The fourth-order valence-electron chi connectivity index (χ4n) is 3.78. The predicted molar refractivity (Wildman–Crippen MR) is 91.2 cm³/mol. The number of amides is 2. The van der Waals surface area contributed by atoms with Crippen LogP contribution in [-0.4, -0.2) is 54.4 Å². The van der Waals surface area contributed by atoms with Crippen LogP contribution in [0.3, 0.4) is 0 Å². The number of thioether (sulfide) groups is 1. The summed E-state index contributed by atoms with van der Waals surface area (Å²) in [7, 11) is 0. The molecule has 3 aliphatic rings. The number of anilines is 1. The summed E-state index contributed by atoms with van der Waals surface area (Å²) in [5.41, 5.74) is 1.21. The van der Waals surface area contributed by atoms with E-state index < -0.39 is 24.7 Å². The average Bonchev–Trinajstić information content (AvgIpc) is 2.95. The molecule has 2 aliphatic heterocycles. The largest absolute Gasteiger partial charge is 0.442 e. The number of aliphatic hydroxyl groups excluding tert-OH is 1. The first-order chi connectivity index (χ1) is 12.1. The molecule has 3 fully saturated rings. The van der Waals surface area contributed by atoms with Crippen LogP contribution < -0.4 is 10.2 Å². The minimum absolute atomic E-state index is 0.116. The van der Waals surface area contributed by atoms with Crippen molar-refractivity contribution >= 4 is 29.4 Å². The molecule has 1 aromatic rings. The lowest BCUT2D eigenvalue weighted by Gasteiger charge is -2.15. The van der Waals surface area contributed by atoms with Gasteiger partial charge < -0.3 is 15.2 Å². The Bertz CT molecular complexity index is 706. The maximum atomic E-state index is 14.6. The summed E-state index contributed by atoms with van der Waals surface area (Å²) < 4.78 is 19.7. The third-order valence-electron chi connectivity index (χ3n) is 5.15. The molecule has 2 saturated heterocycles. The van der Waals surface area contributed by atoms with E-state index in [4.69, 9.17) is 9.84 Å². The van der Waals surface area contributed by atoms with E-state index in [0.717, 1.165) is 17.1 Å². The molecule has 134 valence electrons. The van der Waals surface area contributed by atoms with E-state index in [0.29, 0.717) is 23.4 Å². The van der Waals surface area contributed by atoms with Gasteiger partial charge in [0.05, 0.1) is 18.8 Å². The monoisotopic (exact) mass is 366 g/mol. The molecule has 25 heavy (non-hydrogen) atoms. The Morgan fingerprint density at radius 3 is 2.84 bits per heavy atom. The first-order valence-corrected chi connectivity index (χ1v) is 9.47. The molecule has 4 atom stereocenters. The van der Waals surface area contributed by atoms with E-state index in [2.05, 4.69) is 5.32 Å². The number of aliphatic hydroxyl groups is 1. The molecule has 0 aromatic heterocycles. The summed E-state index contributed by atoms with van der Waals surface area (Å²) >= 11 is 1.93. The van der Waals surface area contributed by atoms with Crippen LogP contribution in [0.5, 0.6) is 0 Å². The van der Waals surface area contributed by atoms with Gasteiger partial charge in [-0.15, -0.1) is 0 Å². The number of ether oxygens (including phenoxy) is 1. The van der Waals surface area contributed by atoms with E-state index in [1.807, 2.05) is 11.8 Å². The van der Waals surface area contributed by atoms with Crippen molar-refractivity contribution in [2.24, 2.45) is 11.8 Å². The Kier molecular flexibility index (Phi) is 4.33. The van der Waals surface area contributed by atoms with Gasteiger partial charge in [0, 0.05) is 0 Å². The SMILES string of the molecule is O=C(CO)NC[C@H]1CN(c2ccc(C3[C@H]4CSC[C@@H]34)c(F)c2)C(=O)O1. The first kappa shape index (κ1) is 16.7. The third kappa shape index (κ3) is 3.08. The molecule has 1 aliphatic carbocycles. The lowest BCUT2D eigenvalue weighted by Crippen LogP contribution is -2.36. The predicted octanol–water partition coefficient (Wildman–Crippen LogP) is 1.34. The summed E-state index contributed by atoms with van der Waals surface area (Å²) in [6, 6.07) is 4.94. The van der Waals surface area contributed by atoms with Gasteiger partial charge in [-0.25, -0.2) is 9.18 Å². The normalized spacial score (nSPS) is 30.2. The highest BCUT2D eigenvalue weighted by atomic mass is 32.2. The van der Waals surface area contributed by atoms with Gasteiger partial charge >= 0.3 is 6.09 Å². The van der Waals surface area contributed by atoms with Gasteiger partial charge in [-0.05, 0) is 47.0 Å². The first-order valence-electron chi connectivity index (χ1n) is 8.31. The quantitative estimate of drug-likeness (QED) is 0.822. The number of cyclic esters (lactones) is 1. The number of halogens is 1. The molecule has 0 spiro atoms. The zero-order valence-electron chi connectivity index (χ0n) is 13.5. The van der Waals surface area contributed by atoms with Crippen molar-refractivity contribution in [3.05, 3.63) is 29.6 Å². The van der Waals surface area contributed by atoms with Crippen molar-refractivity contribution in [1.82, 2.24) is 5.32 Å². The number of nitrogens with one attached hydrogen (secondary N) is 1. The molecular formula is C17H19FN2O4S. The molecule has 1 aromatic carbocycles. The molecule has 4 rings (SSSR count). The van der Waals surface area contributed by atoms with Crippen LogP contribution in [0.4, 0.5) is 14.9 Å². The Morgan fingerprint density at radius 2 is 2.16 bits per heavy atom. The smallest absolute Gasteiger partial charge is 0.414 e. The van der Waals surface area contributed by atoms with Crippen molar-refractivity contribution in [3.8, 4) is 0 Å². The van der Waals surface area contributed by atoms with Gasteiger partial charge in [-0.2, -0.15) is 11.8 Å². The van der Waals surface area contributed by atoms with Crippen molar-refractivity contribution in [2.45, 2.75) is 12.0 Å². The molecule has 2 N–H and O–H groups in total. The highest BCUT2D eigenvalue weighted by Crippen LogP contribution is 2.61. The topological polar surface area (TPSA) is 78.9 Å². The maximum Gasteiger partial charge on any atom is 0.414 e. The highest BCUT2D eigenvalue weighted by Gasteiger charge is 2.54. The second-order valence-electron chi connectivity index (χ2n) is 6.68. The van der Waals surface area contributed by atoms with E-state index in [1.54, 1.807) is 12.1 Å². The molecule has 2 amide bonds. The van der Waals surface area contributed by atoms with Crippen LogP contribution in [0.25, 0.3) is 0 Å². The third-order valence-corrected chi connectivity index (χ3v) is 6.39. The van der Waals surface area contributed by atoms with Gasteiger partial charge in [-0.1, -0.05) is 6.07 Å². The van der Waals surface area contributed by atoms with Gasteiger partial charge in [0.2, 0.25) is 5.91 Å². The number of hydrogen-bond acceptors (Lipinski definition) is 5. The molecule has 2 heterocycles. The van der Waals surface area contributed by atoms with Crippen molar-refractivity contribution < 1.29 is 23.8 Å². The standard InChI is InChI=1S/C17H19FN2O4S/c18-14-3-9(1-2-11(14)16-12-7-25-8-13(12)16)20-5-10(24-17(20)23)4-19-15(22)6-21/h1-3,10,12-13,16,21H,4-8H2,(H,19,22)/t10-,12-,13+,16?/m0/s1. The second kappa shape index (κ2) is 6.49. The van der Waals surface area contributed by atoms with Crippen LogP contribution in [0, 0.1) is 17.7 Å². The summed E-state index contributed by atoms with van der Waals surface area (Å²) in [6.07, 6.45) is -1.08. The number of carbonyl (C=O) groups is 2. The minimum atomic E-state index is -0.612. The minimum Gasteiger partial charge on any atom is -0.442 e. The number of benzene rings is 1. The zero-order valence-corrected chi connectivity index (χ0v) is 14.3. The fraction of sp³-hybridized carbons (Fsp3) is 0.529. The Morgan fingerprint density at radius 1 is 1.40 bits per heavy atom. The number of nitrogens with zero attached hydrogens (tertiary/aromatic N) is 1. The van der Waals surface area contributed by atoms with E-state index in [9.17, 15) is 14.0 Å². The van der Waals surface area contributed by atoms with E-state index in [1.165, 1.54) is 11.0 Å². The molecule has 0 radical (unpaired) electrons. The van der Waals surface area contributed by atoms with Gasteiger partial charge in [0.15, 0.2) is 0 Å². The van der Waals surface area contributed by atoms with Gasteiger partial charge in [-0.3, -0.25) is 9.69 Å². The van der Waals surface area contributed by atoms with Crippen LogP contribution in [0.1, 0.15) is 11.5 Å². The maximum absolute atomic E-state index is 14.6. The van der Waals surface area contributed by atoms with Crippen LogP contribution in [-0.2, 0) is 9.53 Å². The van der Waals surface area contributed by atoms with Gasteiger partial charge in [0.25, 0.3) is 0 Å². The summed E-state index contributed by atoms with van der Waals surface area (Å²) in [5, 5.41) is 11.1. The molecule has 8 heteroatoms. The van der Waals surface area contributed by atoms with Crippen molar-refractivity contribution in [2.75, 3.05) is 36.1 Å². The van der Waals surface area contributed by atoms with Gasteiger partial charge in [0.1, 0.15) is 18.5 Å². The molecule has 1 saturated carbocycles. The summed E-state index contributed by atoms with van der Waals surface area (Å²) in [4.78, 5) is 24.5. The van der Waals surface area contributed by atoms with E-state index in [-0.39, 0.29) is 18.9 Å². The number of hydrogen-bond donors (Lipinski definition) is 2. The van der Waals surface area contributed by atoms with Crippen molar-refractivity contribution in [1.29, 1.82) is 0 Å². The fourth-order valence-corrected chi connectivity index (χ4v) is 5.37. The van der Waals surface area contributed by atoms with Crippen LogP contribution in [0.2, 0.25) is 0 Å². The summed E-state index contributed by atoms with van der Waals surface area (Å²) in [6.45, 7) is -0.265. The number of carbonyl (C=O) groups excluding carboxylic acids is 2. The summed E-state index contributed by atoms with van der Waals surface area (Å²) in [5.74, 6) is 2.93. The Labute approximate surface area is 148 Å².